The molecule has 0 saturated heterocycles. The van der Waals surface area contributed by atoms with Crippen LogP contribution in [0.1, 0.15) is 36.7 Å². The van der Waals surface area contributed by atoms with E-state index in [0.29, 0.717) is 5.56 Å². The quantitative estimate of drug-likeness (QED) is 0.738. The first-order valence-corrected chi connectivity index (χ1v) is 5.75. The zero-order chi connectivity index (χ0) is 13.9. The molecule has 1 rings (SSSR count). The van der Waals surface area contributed by atoms with Crippen LogP contribution >= 0.6 is 0 Å². The van der Waals surface area contributed by atoms with Crippen molar-refractivity contribution in [2.24, 2.45) is 5.73 Å². The summed E-state index contributed by atoms with van der Waals surface area (Å²) in [6.07, 6.45) is -0.583. The number of aliphatic hydroxyl groups is 1. The highest BCUT2D eigenvalue weighted by molar-refractivity contribution is 5.92. The summed E-state index contributed by atoms with van der Waals surface area (Å²) < 4.78 is 13.6. The molecule has 0 aliphatic rings. The molecule has 0 aliphatic heterocycles. The van der Waals surface area contributed by atoms with Crippen LogP contribution in [0.25, 0.3) is 0 Å². The fraction of sp³-hybridized carbons (Fsp3) is 0.462. The van der Waals surface area contributed by atoms with Crippen LogP contribution < -0.4 is 11.1 Å². The van der Waals surface area contributed by atoms with Crippen molar-refractivity contribution in [3.8, 4) is 0 Å². The molecule has 1 atom stereocenters. The number of carbonyl (C=O) groups is 1. The lowest BCUT2D eigenvalue weighted by Crippen LogP contribution is -2.47. The maximum absolute atomic E-state index is 13.6. The second kappa shape index (κ2) is 5.46. The Kier molecular flexibility index (Phi) is 4.43. The van der Waals surface area contributed by atoms with Crippen molar-refractivity contribution < 1.29 is 14.3 Å². The van der Waals surface area contributed by atoms with E-state index in [4.69, 9.17) is 5.73 Å². The Hall–Kier alpha value is -1.46. The smallest absolute Gasteiger partial charge is 0.248 e. The number of amides is 1. The number of rotatable bonds is 5. The van der Waals surface area contributed by atoms with E-state index < -0.39 is 23.4 Å². The third-order valence-electron chi connectivity index (χ3n) is 3.11. The van der Waals surface area contributed by atoms with E-state index in [9.17, 15) is 14.3 Å². The molecule has 0 bridgehead atoms. The molecule has 0 fully saturated rings. The number of halogens is 1. The van der Waals surface area contributed by atoms with Crippen molar-refractivity contribution in [2.75, 3.05) is 0 Å². The number of nitrogens with one attached hydrogen (secondary N) is 1. The van der Waals surface area contributed by atoms with E-state index in [2.05, 4.69) is 5.32 Å². The van der Waals surface area contributed by atoms with Crippen molar-refractivity contribution in [3.05, 3.63) is 35.1 Å². The van der Waals surface area contributed by atoms with Crippen LogP contribution in [0.2, 0.25) is 0 Å². The topological polar surface area (TPSA) is 75.3 Å². The summed E-state index contributed by atoms with van der Waals surface area (Å²) in [7, 11) is 0. The Morgan fingerprint density at radius 3 is 2.67 bits per heavy atom. The lowest BCUT2D eigenvalue weighted by Gasteiger charge is -2.29. The molecule has 1 aromatic carbocycles. The first-order chi connectivity index (χ1) is 8.24. The van der Waals surface area contributed by atoms with Crippen molar-refractivity contribution >= 4 is 5.91 Å². The van der Waals surface area contributed by atoms with Crippen molar-refractivity contribution in [2.45, 2.75) is 39.0 Å². The van der Waals surface area contributed by atoms with E-state index in [1.165, 1.54) is 18.2 Å². The number of nitrogens with two attached hydrogens (primary N) is 1. The van der Waals surface area contributed by atoms with Crippen LogP contribution in [-0.2, 0) is 6.54 Å². The monoisotopic (exact) mass is 254 g/mol. The minimum Gasteiger partial charge on any atom is -0.392 e. The van der Waals surface area contributed by atoms with E-state index in [0.717, 1.165) is 0 Å². The largest absolute Gasteiger partial charge is 0.392 e. The van der Waals surface area contributed by atoms with Gasteiger partial charge in [0.2, 0.25) is 5.91 Å². The van der Waals surface area contributed by atoms with Gasteiger partial charge < -0.3 is 16.2 Å². The maximum atomic E-state index is 13.6. The normalized spacial score (nSPS) is 13.4. The summed E-state index contributed by atoms with van der Waals surface area (Å²) >= 11 is 0. The van der Waals surface area contributed by atoms with Gasteiger partial charge in [0.05, 0.1) is 6.10 Å². The fourth-order valence-electron chi connectivity index (χ4n) is 1.33. The predicted molar refractivity (Wildman–Crippen MR) is 67.5 cm³/mol. The summed E-state index contributed by atoms with van der Waals surface area (Å²) in [5.41, 5.74) is 5.21. The highest BCUT2D eigenvalue weighted by Gasteiger charge is 2.23. The Balaban J connectivity index is 2.85. The average Bonchev–Trinajstić information content (AvgIpc) is 2.27. The first kappa shape index (κ1) is 14.6. The molecule has 1 amide bonds. The van der Waals surface area contributed by atoms with Crippen LogP contribution in [0.5, 0.6) is 0 Å². The van der Waals surface area contributed by atoms with E-state index in [1.54, 1.807) is 6.92 Å². The lowest BCUT2D eigenvalue weighted by atomic mass is 9.98. The molecule has 1 aromatic rings. The SMILES string of the molecule is CC(O)C(C)(C)NCc1cc(C(N)=O)ccc1F. The van der Waals surface area contributed by atoms with Gasteiger partial charge in [-0.1, -0.05) is 0 Å². The van der Waals surface area contributed by atoms with Crippen LogP contribution in [0, 0.1) is 5.82 Å². The molecule has 0 radical (unpaired) electrons. The molecule has 4 nitrogen and oxygen atoms in total. The van der Waals surface area contributed by atoms with Gasteiger partial charge in [-0.05, 0) is 39.0 Å². The van der Waals surface area contributed by atoms with Crippen molar-refractivity contribution in [1.29, 1.82) is 0 Å². The van der Waals surface area contributed by atoms with Gasteiger partial charge >= 0.3 is 0 Å². The first-order valence-electron chi connectivity index (χ1n) is 5.75. The molecular formula is C13H19FN2O2. The van der Waals surface area contributed by atoms with Gasteiger partial charge in [-0.25, -0.2) is 4.39 Å². The summed E-state index contributed by atoms with van der Waals surface area (Å²) in [4.78, 5) is 11.0. The second-order valence-electron chi connectivity index (χ2n) is 4.92. The molecule has 18 heavy (non-hydrogen) atoms. The average molecular weight is 254 g/mol. The molecule has 0 aliphatic carbocycles. The number of aliphatic hydroxyl groups excluding tert-OH is 1. The zero-order valence-electron chi connectivity index (χ0n) is 10.8. The molecule has 1 unspecified atom stereocenters. The Labute approximate surface area is 106 Å². The molecule has 0 saturated carbocycles. The number of hydrogen-bond donors (Lipinski definition) is 3. The predicted octanol–water partition coefficient (Wildman–Crippen LogP) is 1.17. The molecular weight excluding hydrogens is 235 g/mol. The summed E-state index contributed by atoms with van der Waals surface area (Å²) in [6, 6.07) is 3.98. The van der Waals surface area contributed by atoms with Gasteiger partial charge in [-0.15, -0.1) is 0 Å². The Morgan fingerprint density at radius 1 is 1.56 bits per heavy atom. The van der Waals surface area contributed by atoms with Crippen molar-refractivity contribution in [1.82, 2.24) is 5.32 Å². The minimum absolute atomic E-state index is 0.213. The van der Waals surface area contributed by atoms with Crippen LogP contribution in [-0.4, -0.2) is 22.7 Å². The molecule has 5 heteroatoms. The van der Waals surface area contributed by atoms with Gasteiger partial charge in [0.15, 0.2) is 0 Å². The zero-order valence-corrected chi connectivity index (χ0v) is 10.8. The third-order valence-corrected chi connectivity index (χ3v) is 3.11. The third kappa shape index (κ3) is 3.51. The summed E-state index contributed by atoms with van der Waals surface area (Å²) in [5, 5.41) is 12.6. The molecule has 0 aromatic heterocycles. The Bertz CT molecular complexity index is 445. The fourth-order valence-corrected chi connectivity index (χ4v) is 1.33. The van der Waals surface area contributed by atoms with Gasteiger partial charge in [0, 0.05) is 23.2 Å². The minimum atomic E-state index is -0.592. The molecule has 0 spiro atoms. The molecule has 4 N–H and O–H groups in total. The van der Waals surface area contributed by atoms with Gasteiger partial charge in [-0.3, -0.25) is 4.79 Å². The van der Waals surface area contributed by atoms with Gasteiger partial charge in [0.1, 0.15) is 5.82 Å². The standard InChI is InChI=1S/C13H19FN2O2/c1-8(17)13(2,3)16-7-10-6-9(12(15)18)4-5-11(10)14/h4-6,8,16-17H,7H2,1-3H3,(H2,15,18). The van der Waals surface area contributed by atoms with Crippen LogP contribution in [0.4, 0.5) is 4.39 Å². The van der Waals surface area contributed by atoms with E-state index >= 15 is 0 Å². The number of hydrogen-bond acceptors (Lipinski definition) is 3. The number of benzene rings is 1. The lowest BCUT2D eigenvalue weighted by molar-refractivity contribution is 0.0953. The van der Waals surface area contributed by atoms with Crippen LogP contribution in [0.15, 0.2) is 18.2 Å². The molecule has 100 valence electrons. The molecule has 0 heterocycles. The van der Waals surface area contributed by atoms with Gasteiger partial charge in [-0.2, -0.15) is 0 Å². The maximum Gasteiger partial charge on any atom is 0.248 e. The Morgan fingerprint density at radius 2 is 2.17 bits per heavy atom. The van der Waals surface area contributed by atoms with Crippen LogP contribution in [0.3, 0.4) is 0 Å². The summed E-state index contributed by atoms with van der Waals surface area (Å²) in [5.74, 6) is -1.00. The number of primary amides is 1. The van der Waals surface area contributed by atoms with E-state index in [-0.39, 0.29) is 12.1 Å². The van der Waals surface area contributed by atoms with Gasteiger partial charge in [0.25, 0.3) is 0 Å². The highest BCUT2D eigenvalue weighted by Crippen LogP contribution is 2.14. The summed E-state index contributed by atoms with van der Waals surface area (Å²) in [6.45, 7) is 5.50. The van der Waals surface area contributed by atoms with Crippen molar-refractivity contribution in [3.63, 3.8) is 0 Å². The second-order valence-corrected chi connectivity index (χ2v) is 4.92. The number of carbonyl (C=O) groups excluding carboxylic acids is 1. The highest BCUT2D eigenvalue weighted by atomic mass is 19.1. The van der Waals surface area contributed by atoms with E-state index in [1.807, 2.05) is 13.8 Å².